The highest BCUT2D eigenvalue weighted by Crippen LogP contribution is 2.39. The van der Waals surface area contributed by atoms with E-state index in [2.05, 4.69) is 34.5 Å². The molecule has 26 heavy (non-hydrogen) atoms. The first-order valence-electron chi connectivity index (χ1n) is 8.71. The predicted octanol–water partition coefficient (Wildman–Crippen LogP) is 3.16. The van der Waals surface area contributed by atoms with Crippen LogP contribution >= 0.6 is 0 Å². The Morgan fingerprint density at radius 1 is 0.885 bits per heavy atom. The summed E-state index contributed by atoms with van der Waals surface area (Å²) in [4.78, 5) is 2.34. The van der Waals surface area contributed by atoms with Crippen molar-refractivity contribution in [3.63, 3.8) is 0 Å². The predicted molar refractivity (Wildman–Crippen MR) is 103 cm³/mol. The Bertz CT molecular complexity index is 712. The minimum atomic E-state index is 0.608. The largest absolute Gasteiger partial charge is 0.493 e. The van der Waals surface area contributed by atoms with Crippen molar-refractivity contribution in [2.45, 2.75) is 6.54 Å². The summed E-state index contributed by atoms with van der Waals surface area (Å²) in [6, 6.07) is 12.3. The maximum absolute atomic E-state index is 5.53. The number of ether oxygens (including phenoxy) is 4. The van der Waals surface area contributed by atoms with Crippen molar-refractivity contribution in [1.82, 2.24) is 0 Å². The summed E-state index contributed by atoms with van der Waals surface area (Å²) in [6.45, 7) is 4.09. The molecule has 1 aliphatic rings. The first-order chi connectivity index (χ1) is 12.8. The van der Waals surface area contributed by atoms with E-state index in [4.69, 9.17) is 18.9 Å². The van der Waals surface area contributed by atoms with E-state index in [1.807, 2.05) is 12.1 Å². The minimum absolute atomic E-state index is 0.608. The summed E-state index contributed by atoms with van der Waals surface area (Å²) >= 11 is 0. The zero-order chi connectivity index (χ0) is 18.4. The van der Waals surface area contributed by atoms with Gasteiger partial charge in [-0.3, -0.25) is 0 Å². The van der Waals surface area contributed by atoms with Crippen LogP contribution in [0.4, 0.5) is 11.4 Å². The van der Waals surface area contributed by atoms with Gasteiger partial charge in [-0.1, -0.05) is 0 Å². The first kappa shape index (κ1) is 18.2. The van der Waals surface area contributed by atoms with Gasteiger partial charge in [-0.25, -0.2) is 0 Å². The molecule has 0 spiro atoms. The molecule has 1 aliphatic heterocycles. The third kappa shape index (κ3) is 3.96. The number of hydrogen-bond donors (Lipinski definition) is 1. The fourth-order valence-electron chi connectivity index (χ4n) is 3.11. The van der Waals surface area contributed by atoms with E-state index >= 15 is 0 Å². The van der Waals surface area contributed by atoms with Gasteiger partial charge >= 0.3 is 0 Å². The first-order valence-corrected chi connectivity index (χ1v) is 8.71. The summed E-state index contributed by atoms with van der Waals surface area (Å²) in [5.41, 5.74) is 3.28. The molecule has 0 aliphatic carbocycles. The van der Waals surface area contributed by atoms with E-state index in [-0.39, 0.29) is 0 Å². The molecule has 1 fully saturated rings. The van der Waals surface area contributed by atoms with Gasteiger partial charge in [0.1, 0.15) is 0 Å². The third-order valence-electron chi connectivity index (χ3n) is 4.51. The average Bonchev–Trinajstić information content (AvgIpc) is 2.72. The standard InChI is InChI=1S/C20H26N2O4/c1-23-18-9-4-15(19(24-2)20(18)25-3)14-21-16-5-7-17(8-6-16)22-10-12-26-13-11-22/h4-9,21H,10-14H2,1-3H3. The highest BCUT2D eigenvalue weighted by molar-refractivity contribution is 5.58. The summed E-state index contributed by atoms with van der Waals surface area (Å²) in [7, 11) is 4.87. The van der Waals surface area contributed by atoms with Crippen LogP contribution in [0.1, 0.15) is 5.56 Å². The van der Waals surface area contributed by atoms with E-state index in [1.165, 1.54) is 5.69 Å². The molecule has 1 heterocycles. The topological polar surface area (TPSA) is 52.2 Å². The molecule has 0 bridgehead atoms. The minimum Gasteiger partial charge on any atom is -0.493 e. The molecule has 0 aromatic heterocycles. The molecule has 0 saturated carbocycles. The second kappa shape index (κ2) is 8.67. The summed E-state index contributed by atoms with van der Waals surface area (Å²) in [5.74, 6) is 1.95. The molecule has 0 radical (unpaired) electrons. The molecular formula is C20H26N2O4. The van der Waals surface area contributed by atoms with E-state index < -0.39 is 0 Å². The van der Waals surface area contributed by atoms with E-state index in [9.17, 15) is 0 Å². The van der Waals surface area contributed by atoms with Crippen molar-refractivity contribution >= 4 is 11.4 Å². The van der Waals surface area contributed by atoms with E-state index in [1.54, 1.807) is 21.3 Å². The van der Waals surface area contributed by atoms with Gasteiger partial charge in [-0.15, -0.1) is 0 Å². The summed E-state index contributed by atoms with van der Waals surface area (Å²) in [6.07, 6.45) is 0. The molecule has 6 heteroatoms. The lowest BCUT2D eigenvalue weighted by atomic mass is 10.1. The molecule has 140 valence electrons. The van der Waals surface area contributed by atoms with Crippen LogP contribution in [0.25, 0.3) is 0 Å². The van der Waals surface area contributed by atoms with E-state index in [0.29, 0.717) is 23.8 Å². The molecule has 2 aromatic rings. The second-order valence-corrected chi connectivity index (χ2v) is 5.99. The quantitative estimate of drug-likeness (QED) is 0.821. The van der Waals surface area contributed by atoms with Crippen LogP contribution in [-0.2, 0) is 11.3 Å². The van der Waals surface area contributed by atoms with Crippen molar-refractivity contribution in [3.05, 3.63) is 42.0 Å². The van der Waals surface area contributed by atoms with Gasteiger partial charge in [0.05, 0.1) is 34.5 Å². The molecule has 0 atom stereocenters. The molecule has 3 rings (SSSR count). The number of anilines is 2. The van der Waals surface area contributed by atoms with Crippen LogP contribution in [0.2, 0.25) is 0 Å². The molecule has 2 aromatic carbocycles. The van der Waals surface area contributed by atoms with Crippen LogP contribution in [0.5, 0.6) is 17.2 Å². The normalized spacial score (nSPS) is 14.0. The number of nitrogens with zero attached hydrogens (tertiary/aromatic N) is 1. The van der Waals surface area contributed by atoms with E-state index in [0.717, 1.165) is 37.6 Å². The lowest BCUT2D eigenvalue weighted by molar-refractivity contribution is 0.122. The van der Waals surface area contributed by atoms with Crippen molar-refractivity contribution in [3.8, 4) is 17.2 Å². The van der Waals surface area contributed by atoms with Crippen LogP contribution in [-0.4, -0.2) is 47.6 Å². The Kier molecular flexibility index (Phi) is 6.07. The van der Waals surface area contributed by atoms with Crippen LogP contribution in [0, 0.1) is 0 Å². The number of hydrogen-bond acceptors (Lipinski definition) is 6. The Morgan fingerprint density at radius 3 is 2.19 bits per heavy atom. The van der Waals surface area contributed by atoms with Crippen LogP contribution in [0.15, 0.2) is 36.4 Å². The van der Waals surface area contributed by atoms with Gasteiger partial charge in [-0.05, 0) is 36.4 Å². The van der Waals surface area contributed by atoms with Gasteiger partial charge in [-0.2, -0.15) is 0 Å². The Balaban J connectivity index is 1.69. The SMILES string of the molecule is COc1ccc(CNc2ccc(N3CCOCC3)cc2)c(OC)c1OC. The molecule has 0 unspecified atom stereocenters. The summed E-state index contributed by atoms with van der Waals surface area (Å²) < 4.78 is 21.7. The number of nitrogens with one attached hydrogen (secondary N) is 1. The maximum atomic E-state index is 5.53. The zero-order valence-corrected chi connectivity index (χ0v) is 15.6. The van der Waals surface area contributed by atoms with Gasteiger partial charge in [0.15, 0.2) is 11.5 Å². The Morgan fingerprint density at radius 2 is 1.58 bits per heavy atom. The monoisotopic (exact) mass is 358 g/mol. The zero-order valence-electron chi connectivity index (χ0n) is 15.6. The summed E-state index contributed by atoms with van der Waals surface area (Å²) in [5, 5.41) is 3.44. The average molecular weight is 358 g/mol. The molecule has 6 nitrogen and oxygen atoms in total. The Hall–Kier alpha value is -2.60. The molecular weight excluding hydrogens is 332 g/mol. The van der Waals surface area contributed by atoms with Crippen LogP contribution in [0.3, 0.4) is 0 Å². The number of morpholine rings is 1. The van der Waals surface area contributed by atoms with Gasteiger partial charge in [0, 0.05) is 36.6 Å². The van der Waals surface area contributed by atoms with Crippen molar-refractivity contribution < 1.29 is 18.9 Å². The van der Waals surface area contributed by atoms with Crippen molar-refractivity contribution in [2.75, 3.05) is 57.8 Å². The highest BCUT2D eigenvalue weighted by Gasteiger charge is 2.15. The molecule has 0 amide bonds. The lowest BCUT2D eigenvalue weighted by Crippen LogP contribution is -2.36. The number of methoxy groups -OCH3 is 3. The second-order valence-electron chi connectivity index (χ2n) is 5.99. The smallest absolute Gasteiger partial charge is 0.203 e. The number of rotatable bonds is 7. The molecule has 1 saturated heterocycles. The molecule has 1 N–H and O–H groups in total. The fraction of sp³-hybridized carbons (Fsp3) is 0.400. The fourth-order valence-corrected chi connectivity index (χ4v) is 3.11. The van der Waals surface area contributed by atoms with Crippen molar-refractivity contribution in [1.29, 1.82) is 0 Å². The highest BCUT2D eigenvalue weighted by atomic mass is 16.5. The third-order valence-corrected chi connectivity index (χ3v) is 4.51. The Labute approximate surface area is 154 Å². The van der Waals surface area contributed by atoms with Gasteiger partial charge in [0.25, 0.3) is 0 Å². The number of benzene rings is 2. The van der Waals surface area contributed by atoms with Gasteiger partial charge in [0.2, 0.25) is 5.75 Å². The van der Waals surface area contributed by atoms with Crippen LogP contribution < -0.4 is 24.4 Å². The lowest BCUT2D eigenvalue weighted by Gasteiger charge is -2.29. The maximum Gasteiger partial charge on any atom is 0.203 e. The van der Waals surface area contributed by atoms with Gasteiger partial charge < -0.3 is 29.2 Å². The van der Waals surface area contributed by atoms with Crippen molar-refractivity contribution in [2.24, 2.45) is 0 Å².